The van der Waals surface area contributed by atoms with E-state index in [-0.39, 0.29) is 11.5 Å². The van der Waals surface area contributed by atoms with Crippen molar-refractivity contribution in [2.75, 3.05) is 17.6 Å². The summed E-state index contributed by atoms with van der Waals surface area (Å²) < 4.78 is 26.1. The van der Waals surface area contributed by atoms with Gasteiger partial charge in [0, 0.05) is 6.54 Å². The second kappa shape index (κ2) is 5.49. The third-order valence-corrected chi connectivity index (χ3v) is 2.67. The molecule has 0 heterocycles. The second-order valence-electron chi connectivity index (χ2n) is 4.01. The van der Waals surface area contributed by atoms with E-state index in [1.165, 1.54) is 18.2 Å². The normalized spacial score (nSPS) is 10.3. The molecule has 0 fully saturated rings. The minimum absolute atomic E-state index is 0.108. The number of nitrogens with two attached hydrogens (primary N) is 1. The second-order valence-corrected chi connectivity index (χ2v) is 4.01. The van der Waals surface area contributed by atoms with Crippen LogP contribution in [0.15, 0.2) is 42.5 Å². The molecule has 0 atom stereocenters. The Kier molecular flexibility index (Phi) is 3.77. The molecule has 2 aromatic carbocycles. The molecule has 0 aromatic heterocycles. The summed E-state index contributed by atoms with van der Waals surface area (Å²) in [5.41, 5.74) is 7.14. The summed E-state index contributed by atoms with van der Waals surface area (Å²) in [5, 5.41) is 3.03. The molecule has 2 aromatic rings. The van der Waals surface area contributed by atoms with Gasteiger partial charge in [-0.1, -0.05) is 18.2 Å². The summed E-state index contributed by atoms with van der Waals surface area (Å²) in [5.74, 6) is -0.691. The van der Waals surface area contributed by atoms with Crippen LogP contribution in [0.4, 0.5) is 20.2 Å². The van der Waals surface area contributed by atoms with Crippen LogP contribution in [0, 0.1) is 11.6 Å². The molecular formula is C14H14F2N2. The number of nitrogen functional groups attached to an aromatic ring is 1. The van der Waals surface area contributed by atoms with Crippen LogP contribution in [0.5, 0.6) is 0 Å². The van der Waals surface area contributed by atoms with Gasteiger partial charge in [-0.05, 0) is 36.2 Å². The largest absolute Gasteiger partial charge is 0.395 e. The molecule has 0 radical (unpaired) electrons. The first-order chi connectivity index (χ1) is 8.66. The van der Waals surface area contributed by atoms with Crippen LogP contribution in [0.1, 0.15) is 5.56 Å². The van der Waals surface area contributed by atoms with Crippen molar-refractivity contribution in [3.8, 4) is 0 Å². The zero-order valence-corrected chi connectivity index (χ0v) is 9.79. The van der Waals surface area contributed by atoms with Crippen LogP contribution >= 0.6 is 0 Å². The van der Waals surface area contributed by atoms with E-state index in [1.54, 1.807) is 18.2 Å². The van der Waals surface area contributed by atoms with Gasteiger partial charge in [0.1, 0.15) is 11.6 Å². The van der Waals surface area contributed by atoms with Crippen LogP contribution < -0.4 is 11.1 Å². The molecule has 0 aliphatic rings. The van der Waals surface area contributed by atoms with Crippen molar-refractivity contribution in [3.63, 3.8) is 0 Å². The van der Waals surface area contributed by atoms with Crippen molar-refractivity contribution in [3.05, 3.63) is 59.7 Å². The number of hydrogen-bond donors (Lipinski definition) is 2. The molecule has 94 valence electrons. The lowest BCUT2D eigenvalue weighted by atomic mass is 10.1. The summed E-state index contributed by atoms with van der Waals surface area (Å²) in [6.45, 7) is 0.567. The smallest absolute Gasteiger partial charge is 0.148 e. The topological polar surface area (TPSA) is 38.0 Å². The number of benzene rings is 2. The fraction of sp³-hybridized carbons (Fsp3) is 0.143. The monoisotopic (exact) mass is 248 g/mol. The minimum atomic E-state index is -0.439. The van der Waals surface area contributed by atoms with Crippen molar-refractivity contribution in [2.24, 2.45) is 0 Å². The van der Waals surface area contributed by atoms with Gasteiger partial charge in [-0.2, -0.15) is 0 Å². The molecule has 18 heavy (non-hydrogen) atoms. The predicted molar refractivity (Wildman–Crippen MR) is 69.4 cm³/mol. The Bertz CT molecular complexity index is 541. The van der Waals surface area contributed by atoms with Crippen molar-refractivity contribution < 1.29 is 8.78 Å². The molecular weight excluding hydrogens is 234 g/mol. The zero-order valence-electron chi connectivity index (χ0n) is 9.79. The number of halogens is 2. The molecule has 0 amide bonds. The van der Waals surface area contributed by atoms with Crippen molar-refractivity contribution in [1.82, 2.24) is 0 Å². The first kappa shape index (κ1) is 12.4. The van der Waals surface area contributed by atoms with Gasteiger partial charge in [0.2, 0.25) is 0 Å². The zero-order chi connectivity index (χ0) is 13.0. The van der Waals surface area contributed by atoms with E-state index < -0.39 is 5.82 Å². The number of hydrogen-bond acceptors (Lipinski definition) is 2. The first-order valence-electron chi connectivity index (χ1n) is 5.69. The van der Waals surface area contributed by atoms with Gasteiger partial charge in [-0.3, -0.25) is 0 Å². The average Bonchev–Trinajstić information content (AvgIpc) is 2.35. The molecule has 0 saturated heterocycles. The van der Waals surface area contributed by atoms with Crippen LogP contribution in [0.3, 0.4) is 0 Å². The van der Waals surface area contributed by atoms with Gasteiger partial charge in [0.25, 0.3) is 0 Å². The van der Waals surface area contributed by atoms with Crippen molar-refractivity contribution in [2.45, 2.75) is 6.42 Å². The lowest BCUT2D eigenvalue weighted by Crippen LogP contribution is -2.07. The number of nitrogens with one attached hydrogen (secondary N) is 1. The molecule has 0 aliphatic heterocycles. The van der Waals surface area contributed by atoms with E-state index in [1.807, 2.05) is 6.07 Å². The van der Waals surface area contributed by atoms with E-state index in [0.717, 1.165) is 5.56 Å². The Morgan fingerprint density at radius 2 is 1.83 bits per heavy atom. The van der Waals surface area contributed by atoms with E-state index in [0.29, 0.717) is 18.7 Å². The molecule has 0 unspecified atom stereocenters. The lowest BCUT2D eigenvalue weighted by molar-refractivity contribution is 0.625. The molecule has 4 heteroatoms. The summed E-state index contributed by atoms with van der Waals surface area (Å²) in [6, 6.07) is 11.0. The minimum Gasteiger partial charge on any atom is -0.395 e. The Labute approximate surface area is 104 Å². The highest BCUT2D eigenvalue weighted by atomic mass is 19.1. The highest BCUT2D eigenvalue weighted by molar-refractivity contribution is 5.66. The van der Waals surface area contributed by atoms with Gasteiger partial charge >= 0.3 is 0 Å². The lowest BCUT2D eigenvalue weighted by Gasteiger charge is -2.09. The molecule has 2 rings (SSSR count). The van der Waals surface area contributed by atoms with Gasteiger partial charge in [-0.15, -0.1) is 0 Å². The van der Waals surface area contributed by atoms with Crippen molar-refractivity contribution >= 4 is 11.4 Å². The quantitative estimate of drug-likeness (QED) is 0.815. The first-order valence-corrected chi connectivity index (χ1v) is 5.69. The summed E-state index contributed by atoms with van der Waals surface area (Å²) >= 11 is 0. The molecule has 0 aliphatic carbocycles. The van der Waals surface area contributed by atoms with Crippen molar-refractivity contribution in [1.29, 1.82) is 0 Å². The Morgan fingerprint density at radius 1 is 1.06 bits per heavy atom. The molecule has 2 nitrogen and oxygen atoms in total. The van der Waals surface area contributed by atoms with Gasteiger partial charge < -0.3 is 11.1 Å². The number of anilines is 2. The van der Waals surface area contributed by atoms with E-state index in [9.17, 15) is 8.78 Å². The number of para-hydroxylation sites is 1. The van der Waals surface area contributed by atoms with E-state index in [2.05, 4.69) is 5.32 Å². The third kappa shape index (κ3) is 2.97. The fourth-order valence-corrected chi connectivity index (χ4v) is 1.73. The van der Waals surface area contributed by atoms with Gasteiger partial charge in [-0.25, -0.2) is 8.78 Å². The van der Waals surface area contributed by atoms with Crippen LogP contribution in [0.2, 0.25) is 0 Å². The Balaban J connectivity index is 1.94. The van der Waals surface area contributed by atoms with Crippen LogP contribution in [-0.4, -0.2) is 6.54 Å². The molecule has 3 N–H and O–H groups in total. The third-order valence-electron chi connectivity index (χ3n) is 2.67. The number of rotatable bonds is 4. The highest BCUT2D eigenvalue weighted by Crippen LogP contribution is 2.20. The fourth-order valence-electron chi connectivity index (χ4n) is 1.73. The Morgan fingerprint density at radius 3 is 2.61 bits per heavy atom. The van der Waals surface area contributed by atoms with Gasteiger partial charge in [0.15, 0.2) is 0 Å². The summed E-state index contributed by atoms with van der Waals surface area (Å²) in [4.78, 5) is 0. The predicted octanol–water partition coefficient (Wildman–Crippen LogP) is 3.20. The maximum absolute atomic E-state index is 13.2. The maximum atomic E-state index is 13.2. The van der Waals surface area contributed by atoms with Crippen LogP contribution in [0.25, 0.3) is 0 Å². The highest BCUT2D eigenvalue weighted by Gasteiger charge is 2.03. The van der Waals surface area contributed by atoms with E-state index >= 15 is 0 Å². The summed E-state index contributed by atoms with van der Waals surface area (Å²) in [7, 11) is 0. The summed E-state index contributed by atoms with van der Waals surface area (Å²) in [6.07, 6.45) is 0.647. The molecule has 0 bridgehead atoms. The SMILES string of the molecule is Nc1c(F)cccc1NCCc1cccc(F)c1. The molecule has 0 saturated carbocycles. The Hall–Kier alpha value is -2.10. The van der Waals surface area contributed by atoms with Gasteiger partial charge in [0.05, 0.1) is 11.4 Å². The average molecular weight is 248 g/mol. The maximum Gasteiger partial charge on any atom is 0.148 e. The molecule has 0 spiro atoms. The van der Waals surface area contributed by atoms with Crippen LogP contribution in [-0.2, 0) is 6.42 Å². The van der Waals surface area contributed by atoms with E-state index in [4.69, 9.17) is 5.73 Å². The standard InChI is InChI=1S/C14H14F2N2/c15-11-4-1-3-10(9-11)7-8-18-13-6-2-5-12(16)14(13)17/h1-6,9,18H,7-8,17H2.